The quantitative estimate of drug-likeness (QED) is 0.665. The third-order valence-electron chi connectivity index (χ3n) is 3.42. The molecule has 1 spiro atoms. The van der Waals surface area contributed by atoms with E-state index in [0.29, 0.717) is 0 Å². The fraction of sp³-hybridized carbons (Fsp3) is 0.545. The Morgan fingerprint density at radius 1 is 1.36 bits per heavy atom. The van der Waals surface area contributed by atoms with Gasteiger partial charge in [-0.15, -0.1) is 0 Å². The van der Waals surface area contributed by atoms with Crippen LogP contribution in [0, 0.1) is 0 Å². The zero-order valence-corrected chi connectivity index (χ0v) is 8.12. The van der Waals surface area contributed by atoms with E-state index in [1.54, 1.807) is 0 Å². The number of hydrogen-bond donors (Lipinski definition) is 1. The van der Waals surface area contributed by atoms with E-state index in [1.807, 2.05) is 12.4 Å². The van der Waals surface area contributed by atoms with Crippen LogP contribution < -0.4 is 10.1 Å². The molecular weight excluding hydrogens is 176 g/mol. The smallest absolute Gasteiger partial charge is 0.141 e. The molecule has 3 heterocycles. The first kappa shape index (κ1) is 8.24. The molecule has 74 valence electrons. The van der Waals surface area contributed by atoms with Crippen LogP contribution >= 0.6 is 0 Å². The average Bonchev–Trinajstić information content (AvgIpc) is 2.60. The molecule has 3 heteroatoms. The molecule has 14 heavy (non-hydrogen) atoms. The van der Waals surface area contributed by atoms with Crippen LogP contribution in [0.1, 0.15) is 18.4 Å². The second-order valence-electron chi connectivity index (χ2n) is 4.19. The Morgan fingerprint density at radius 3 is 3.07 bits per heavy atom. The van der Waals surface area contributed by atoms with Gasteiger partial charge in [0.25, 0.3) is 0 Å². The Morgan fingerprint density at radius 2 is 2.21 bits per heavy atom. The van der Waals surface area contributed by atoms with Crippen LogP contribution in [0.2, 0.25) is 0 Å². The molecule has 0 radical (unpaired) electrons. The van der Waals surface area contributed by atoms with Gasteiger partial charge in [0, 0.05) is 17.2 Å². The summed E-state index contributed by atoms with van der Waals surface area (Å²) in [6.07, 6.45) is 6.08. The Bertz CT molecular complexity index is 339. The average molecular weight is 190 g/mol. The molecule has 0 atom stereocenters. The molecule has 3 rings (SSSR count). The highest BCUT2D eigenvalue weighted by molar-refractivity contribution is 5.41. The lowest BCUT2D eigenvalue weighted by molar-refractivity contribution is 0.220. The standard InChI is InChI=1S/C11H14N2O/c1-4-13-7-10-9(1)11(8-14-10)2-5-12-6-3-11/h1,4,7,12H,2-3,5-6,8H2. The van der Waals surface area contributed by atoms with Crippen LogP contribution in [0.25, 0.3) is 0 Å². The van der Waals surface area contributed by atoms with Gasteiger partial charge in [0.1, 0.15) is 5.75 Å². The van der Waals surface area contributed by atoms with Crippen molar-refractivity contribution in [1.29, 1.82) is 0 Å². The van der Waals surface area contributed by atoms with Crippen LogP contribution in [0.4, 0.5) is 0 Å². The number of ether oxygens (including phenoxy) is 1. The molecule has 0 aromatic carbocycles. The summed E-state index contributed by atoms with van der Waals surface area (Å²) in [5.41, 5.74) is 1.65. The third-order valence-corrected chi connectivity index (χ3v) is 3.42. The molecule has 1 N–H and O–H groups in total. The third kappa shape index (κ3) is 1.05. The molecule has 0 saturated carbocycles. The van der Waals surface area contributed by atoms with Crippen molar-refractivity contribution in [3.8, 4) is 5.75 Å². The monoisotopic (exact) mass is 190 g/mol. The second kappa shape index (κ2) is 2.95. The number of fused-ring (bicyclic) bond motifs is 2. The Hall–Kier alpha value is -1.09. The van der Waals surface area contributed by atoms with Crippen molar-refractivity contribution >= 4 is 0 Å². The molecular formula is C11H14N2O. The summed E-state index contributed by atoms with van der Waals surface area (Å²) in [6, 6.07) is 2.12. The Balaban J connectivity index is 2.03. The zero-order chi connectivity index (χ0) is 9.43. The Kier molecular flexibility index (Phi) is 1.74. The summed E-state index contributed by atoms with van der Waals surface area (Å²) in [7, 11) is 0. The molecule has 2 aliphatic rings. The molecule has 0 unspecified atom stereocenters. The fourth-order valence-corrected chi connectivity index (χ4v) is 2.55. The summed E-state index contributed by atoms with van der Waals surface area (Å²) >= 11 is 0. The predicted molar refractivity (Wildman–Crippen MR) is 53.5 cm³/mol. The highest BCUT2D eigenvalue weighted by atomic mass is 16.5. The summed E-state index contributed by atoms with van der Waals surface area (Å²) in [6.45, 7) is 3.05. The summed E-state index contributed by atoms with van der Waals surface area (Å²) in [5.74, 6) is 0.995. The fourth-order valence-electron chi connectivity index (χ4n) is 2.55. The van der Waals surface area contributed by atoms with Crippen LogP contribution in [0.15, 0.2) is 18.5 Å². The lowest BCUT2D eigenvalue weighted by Crippen LogP contribution is -2.40. The first-order chi connectivity index (χ1) is 6.91. The minimum absolute atomic E-state index is 0.281. The minimum Gasteiger partial charge on any atom is -0.491 e. The molecule has 1 aromatic rings. The van der Waals surface area contributed by atoms with E-state index in [4.69, 9.17) is 4.74 Å². The van der Waals surface area contributed by atoms with Crippen molar-refractivity contribution in [1.82, 2.24) is 10.3 Å². The van der Waals surface area contributed by atoms with Gasteiger partial charge in [-0.1, -0.05) is 0 Å². The van der Waals surface area contributed by atoms with Crippen LogP contribution in [-0.4, -0.2) is 24.7 Å². The second-order valence-corrected chi connectivity index (χ2v) is 4.19. The molecule has 0 amide bonds. The van der Waals surface area contributed by atoms with Gasteiger partial charge >= 0.3 is 0 Å². The summed E-state index contributed by atoms with van der Waals surface area (Å²) in [4.78, 5) is 4.09. The van der Waals surface area contributed by atoms with Gasteiger partial charge < -0.3 is 10.1 Å². The maximum absolute atomic E-state index is 5.70. The summed E-state index contributed by atoms with van der Waals surface area (Å²) < 4.78 is 5.70. The van der Waals surface area contributed by atoms with Crippen molar-refractivity contribution in [2.75, 3.05) is 19.7 Å². The maximum atomic E-state index is 5.70. The van der Waals surface area contributed by atoms with Gasteiger partial charge in [-0.3, -0.25) is 4.98 Å². The molecule has 0 bridgehead atoms. The lowest BCUT2D eigenvalue weighted by Gasteiger charge is -2.32. The number of nitrogens with one attached hydrogen (secondary N) is 1. The molecule has 2 aliphatic heterocycles. The topological polar surface area (TPSA) is 34.1 Å². The van der Waals surface area contributed by atoms with Gasteiger partial charge in [0.2, 0.25) is 0 Å². The molecule has 1 saturated heterocycles. The van der Waals surface area contributed by atoms with Crippen molar-refractivity contribution in [3.63, 3.8) is 0 Å². The Labute approximate surface area is 83.5 Å². The van der Waals surface area contributed by atoms with Crippen LogP contribution in [0.5, 0.6) is 5.75 Å². The van der Waals surface area contributed by atoms with E-state index in [9.17, 15) is 0 Å². The maximum Gasteiger partial charge on any atom is 0.141 e. The first-order valence-corrected chi connectivity index (χ1v) is 5.19. The number of rotatable bonds is 0. The van der Waals surface area contributed by atoms with E-state index in [-0.39, 0.29) is 5.41 Å². The number of piperidine rings is 1. The van der Waals surface area contributed by atoms with Gasteiger partial charge in [-0.25, -0.2) is 0 Å². The van der Waals surface area contributed by atoms with Crippen molar-refractivity contribution in [2.45, 2.75) is 18.3 Å². The number of aromatic nitrogens is 1. The van der Waals surface area contributed by atoms with Gasteiger partial charge in [-0.2, -0.15) is 0 Å². The normalized spacial score (nSPS) is 23.1. The van der Waals surface area contributed by atoms with Crippen LogP contribution in [-0.2, 0) is 5.41 Å². The summed E-state index contributed by atoms with van der Waals surface area (Å²) in [5, 5.41) is 3.40. The van der Waals surface area contributed by atoms with E-state index < -0.39 is 0 Å². The van der Waals surface area contributed by atoms with Crippen molar-refractivity contribution < 1.29 is 4.74 Å². The largest absolute Gasteiger partial charge is 0.491 e. The number of pyridine rings is 1. The van der Waals surface area contributed by atoms with Gasteiger partial charge in [0.05, 0.1) is 12.8 Å². The van der Waals surface area contributed by atoms with Crippen molar-refractivity contribution in [2.24, 2.45) is 0 Å². The van der Waals surface area contributed by atoms with Crippen molar-refractivity contribution in [3.05, 3.63) is 24.0 Å². The van der Waals surface area contributed by atoms with E-state index in [2.05, 4.69) is 16.4 Å². The van der Waals surface area contributed by atoms with Gasteiger partial charge in [-0.05, 0) is 32.0 Å². The van der Waals surface area contributed by atoms with E-state index in [0.717, 1.165) is 25.4 Å². The zero-order valence-electron chi connectivity index (χ0n) is 8.12. The molecule has 1 aromatic heterocycles. The highest BCUT2D eigenvalue weighted by Crippen LogP contribution is 2.43. The van der Waals surface area contributed by atoms with E-state index >= 15 is 0 Å². The first-order valence-electron chi connectivity index (χ1n) is 5.19. The van der Waals surface area contributed by atoms with Crippen LogP contribution in [0.3, 0.4) is 0 Å². The van der Waals surface area contributed by atoms with Gasteiger partial charge in [0.15, 0.2) is 0 Å². The number of hydrogen-bond acceptors (Lipinski definition) is 3. The minimum atomic E-state index is 0.281. The SMILES string of the molecule is c1cc2c(cn1)OCC21CCNCC1. The molecule has 0 aliphatic carbocycles. The predicted octanol–water partition coefficient (Wildman–Crippen LogP) is 1.10. The number of nitrogens with zero attached hydrogens (tertiary/aromatic N) is 1. The highest BCUT2D eigenvalue weighted by Gasteiger charge is 2.41. The molecule has 3 nitrogen and oxygen atoms in total. The lowest BCUT2D eigenvalue weighted by atomic mass is 9.75. The van der Waals surface area contributed by atoms with E-state index in [1.165, 1.54) is 18.4 Å². The molecule has 1 fully saturated rings.